The van der Waals surface area contributed by atoms with E-state index in [0.29, 0.717) is 63.7 Å². The molecule has 4 saturated heterocycles. The Balaban J connectivity index is 1.43. The van der Waals surface area contributed by atoms with Crippen molar-refractivity contribution in [3.05, 3.63) is 49.6 Å². The predicted molar refractivity (Wildman–Crippen MR) is 161 cm³/mol. The minimum absolute atomic E-state index is 0.0108. The maximum Gasteiger partial charge on any atom is 0.248 e. The average molecular weight is 597 g/mol. The summed E-state index contributed by atoms with van der Waals surface area (Å²) < 4.78 is 17.6. The molecule has 5 atom stereocenters. The van der Waals surface area contributed by atoms with Gasteiger partial charge in [0, 0.05) is 51.5 Å². The highest BCUT2D eigenvalue weighted by atomic mass is 16.5. The minimum atomic E-state index is -1.13. The first-order chi connectivity index (χ1) is 20.9. The van der Waals surface area contributed by atoms with E-state index in [1.807, 2.05) is 31.2 Å². The highest BCUT2D eigenvalue weighted by Crippen LogP contribution is 2.59. The number of morpholine rings is 1. The number of benzene rings is 1. The Bertz CT molecular complexity index is 1190. The van der Waals surface area contributed by atoms with Crippen LogP contribution >= 0.6 is 0 Å². The second-order valence-corrected chi connectivity index (χ2v) is 11.5. The van der Waals surface area contributed by atoms with Gasteiger partial charge in [-0.3, -0.25) is 19.3 Å². The zero-order valence-corrected chi connectivity index (χ0v) is 25.1. The summed E-state index contributed by atoms with van der Waals surface area (Å²) in [5.74, 6) is -1.66. The zero-order chi connectivity index (χ0) is 30.6. The van der Waals surface area contributed by atoms with Crippen molar-refractivity contribution in [1.29, 1.82) is 0 Å². The summed E-state index contributed by atoms with van der Waals surface area (Å²) in [6, 6.07) is 6.33. The topological polar surface area (TPSA) is 112 Å². The zero-order valence-electron chi connectivity index (χ0n) is 25.1. The van der Waals surface area contributed by atoms with Gasteiger partial charge in [0.2, 0.25) is 17.7 Å². The van der Waals surface area contributed by atoms with Gasteiger partial charge in [0.1, 0.15) is 17.4 Å². The number of aliphatic hydroxyl groups excluding tert-OH is 1. The molecule has 11 nitrogen and oxygen atoms in total. The average Bonchev–Trinajstić information content (AvgIpc) is 3.66. The summed E-state index contributed by atoms with van der Waals surface area (Å²) in [7, 11) is 0. The van der Waals surface area contributed by atoms with Crippen LogP contribution in [0.15, 0.2) is 49.6 Å². The third kappa shape index (κ3) is 5.83. The molecule has 1 aromatic carbocycles. The van der Waals surface area contributed by atoms with E-state index in [2.05, 4.69) is 18.1 Å². The number of carbonyl (C=O) groups is 3. The molecule has 0 radical (unpaired) electrons. The number of likely N-dealkylation sites (tertiary alicyclic amines) is 1. The number of anilines is 1. The van der Waals surface area contributed by atoms with Crippen LogP contribution in [-0.4, -0.2) is 128 Å². The third-order valence-electron chi connectivity index (χ3n) is 9.15. The van der Waals surface area contributed by atoms with E-state index in [1.165, 1.54) is 4.90 Å². The van der Waals surface area contributed by atoms with Crippen LogP contribution in [0.5, 0.6) is 5.75 Å². The molecule has 0 saturated carbocycles. The van der Waals surface area contributed by atoms with E-state index >= 15 is 0 Å². The first-order valence-corrected chi connectivity index (χ1v) is 15.3. The molecule has 234 valence electrons. The van der Waals surface area contributed by atoms with Crippen molar-refractivity contribution in [3.8, 4) is 5.75 Å². The number of carbonyl (C=O) groups excluding carboxylic acids is 3. The number of amides is 3. The summed E-state index contributed by atoms with van der Waals surface area (Å²) >= 11 is 0. The molecule has 1 N–H and O–H groups in total. The Morgan fingerprint density at radius 2 is 1.84 bits per heavy atom. The van der Waals surface area contributed by atoms with E-state index in [-0.39, 0.29) is 37.4 Å². The Morgan fingerprint density at radius 1 is 1.12 bits per heavy atom. The summed E-state index contributed by atoms with van der Waals surface area (Å²) in [6.45, 7) is 14.4. The van der Waals surface area contributed by atoms with Crippen LogP contribution in [0.1, 0.15) is 19.8 Å². The summed E-state index contributed by atoms with van der Waals surface area (Å²) in [5, 5.41) is 9.94. The lowest BCUT2D eigenvalue weighted by Crippen LogP contribution is -2.57. The first-order valence-electron chi connectivity index (χ1n) is 15.3. The van der Waals surface area contributed by atoms with Crippen LogP contribution in [0.4, 0.5) is 5.69 Å². The fraction of sp³-hybridized carbons (Fsp3) is 0.594. The lowest BCUT2D eigenvalue weighted by molar-refractivity contribution is -0.148. The van der Waals surface area contributed by atoms with E-state index < -0.39 is 29.6 Å². The van der Waals surface area contributed by atoms with Gasteiger partial charge in [0.05, 0.1) is 44.4 Å². The van der Waals surface area contributed by atoms with Crippen molar-refractivity contribution in [2.45, 2.75) is 37.5 Å². The fourth-order valence-corrected chi connectivity index (χ4v) is 7.29. The van der Waals surface area contributed by atoms with Gasteiger partial charge in [-0.05, 0) is 44.0 Å². The second kappa shape index (κ2) is 13.6. The molecule has 1 spiro atoms. The quantitative estimate of drug-likeness (QED) is 0.320. The summed E-state index contributed by atoms with van der Waals surface area (Å²) in [6.07, 6.45) is 3.91. The van der Waals surface area contributed by atoms with Crippen molar-refractivity contribution in [3.63, 3.8) is 0 Å². The highest BCUT2D eigenvalue weighted by molar-refractivity contribution is 6.03. The maximum atomic E-state index is 14.3. The molecule has 2 bridgehead atoms. The Morgan fingerprint density at radius 3 is 2.49 bits per heavy atom. The number of hydrogen-bond acceptors (Lipinski definition) is 8. The van der Waals surface area contributed by atoms with Gasteiger partial charge in [-0.1, -0.05) is 12.2 Å². The number of fused-ring (bicyclic) bond motifs is 1. The van der Waals surface area contributed by atoms with Gasteiger partial charge in [0.15, 0.2) is 0 Å². The van der Waals surface area contributed by atoms with Gasteiger partial charge < -0.3 is 34.0 Å². The monoisotopic (exact) mass is 596 g/mol. The SMILES string of the molecule is C=CCN(CCN1CCOCC1)C(=O)C1N(CCO)C(=O)[C@@H]2[C@@H](C(=O)N(CC=C)c3ccc(OCC)cc3)[C@H]3CCC12O3. The van der Waals surface area contributed by atoms with Crippen molar-refractivity contribution < 1.29 is 33.7 Å². The highest BCUT2D eigenvalue weighted by Gasteiger charge is 2.74. The number of aliphatic hydroxyl groups is 1. The number of β-amino-alcohol motifs (C(OH)–C–C–N with tert-alkyl or cyclic N) is 1. The lowest BCUT2D eigenvalue weighted by atomic mass is 9.70. The molecule has 0 aliphatic carbocycles. The molecule has 11 heteroatoms. The second-order valence-electron chi connectivity index (χ2n) is 11.5. The number of hydrogen-bond donors (Lipinski definition) is 1. The summed E-state index contributed by atoms with van der Waals surface area (Å²) in [4.78, 5) is 49.8. The van der Waals surface area contributed by atoms with Crippen LogP contribution in [0, 0.1) is 11.8 Å². The summed E-state index contributed by atoms with van der Waals surface area (Å²) in [5.41, 5.74) is -0.471. The lowest BCUT2D eigenvalue weighted by Gasteiger charge is -2.37. The molecule has 3 amide bonds. The number of ether oxygens (including phenoxy) is 3. The largest absolute Gasteiger partial charge is 0.494 e. The normalized spacial score (nSPS) is 28.0. The van der Waals surface area contributed by atoms with Crippen LogP contribution < -0.4 is 9.64 Å². The van der Waals surface area contributed by atoms with Gasteiger partial charge >= 0.3 is 0 Å². The Hall–Kier alpha value is -3.25. The Kier molecular flexibility index (Phi) is 9.85. The molecular weight excluding hydrogens is 552 g/mol. The molecule has 4 aliphatic rings. The standard InChI is InChI=1S/C32H44N4O7/c1-4-13-34(16-15-33-18-21-41-22-19-33)31(40)28-32-12-11-25(43-32)26(27(32)30(39)36(28)17-20-37)29(38)35(14-5-2)23-7-9-24(10-8-23)42-6-3/h4-5,7-10,25-28,37H,1-2,6,11-22H2,3H3/t25-,26+,27+,28?,32?/m1/s1. The fourth-order valence-electron chi connectivity index (χ4n) is 7.29. The maximum absolute atomic E-state index is 14.3. The van der Waals surface area contributed by atoms with Crippen LogP contribution in [0.25, 0.3) is 0 Å². The van der Waals surface area contributed by atoms with E-state index in [0.717, 1.165) is 13.1 Å². The van der Waals surface area contributed by atoms with Crippen molar-refractivity contribution >= 4 is 23.4 Å². The molecule has 4 fully saturated rings. The van der Waals surface area contributed by atoms with Crippen LogP contribution in [-0.2, 0) is 23.9 Å². The molecule has 2 unspecified atom stereocenters. The first kappa shape index (κ1) is 31.2. The van der Waals surface area contributed by atoms with E-state index in [4.69, 9.17) is 14.2 Å². The van der Waals surface area contributed by atoms with E-state index in [1.54, 1.807) is 22.0 Å². The van der Waals surface area contributed by atoms with Gasteiger partial charge in [-0.25, -0.2) is 0 Å². The third-order valence-corrected chi connectivity index (χ3v) is 9.15. The minimum Gasteiger partial charge on any atom is -0.494 e. The molecular formula is C32H44N4O7. The molecule has 1 aromatic rings. The number of nitrogens with zero attached hydrogens (tertiary/aromatic N) is 4. The van der Waals surface area contributed by atoms with Crippen molar-refractivity contribution in [1.82, 2.24) is 14.7 Å². The predicted octanol–water partition coefficient (Wildman–Crippen LogP) is 1.32. The molecule has 43 heavy (non-hydrogen) atoms. The Labute approximate surface area is 253 Å². The molecule has 4 aliphatic heterocycles. The van der Waals surface area contributed by atoms with Gasteiger partial charge in [-0.15, -0.1) is 13.2 Å². The molecule has 5 rings (SSSR count). The van der Waals surface area contributed by atoms with E-state index in [9.17, 15) is 19.5 Å². The molecule has 0 aromatic heterocycles. The van der Waals surface area contributed by atoms with Crippen LogP contribution in [0.2, 0.25) is 0 Å². The van der Waals surface area contributed by atoms with Crippen molar-refractivity contribution in [2.75, 3.05) is 77.1 Å². The van der Waals surface area contributed by atoms with Gasteiger partial charge in [0.25, 0.3) is 0 Å². The van der Waals surface area contributed by atoms with Crippen molar-refractivity contribution in [2.24, 2.45) is 11.8 Å². The smallest absolute Gasteiger partial charge is 0.248 e. The van der Waals surface area contributed by atoms with Gasteiger partial charge in [-0.2, -0.15) is 0 Å². The van der Waals surface area contributed by atoms with Crippen LogP contribution in [0.3, 0.4) is 0 Å². The number of rotatable bonds is 14. The molecule has 4 heterocycles.